The van der Waals surface area contributed by atoms with Gasteiger partial charge in [-0.3, -0.25) is 4.79 Å². The van der Waals surface area contributed by atoms with E-state index in [-0.39, 0.29) is 10.7 Å². The van der Waals surface area contributed by atoms with Crippen LogP contribution in [0, 0.1) is 0 Å². The molecule has 0 unspecified atom stereocenters. The van der Waals surface area contributed by atoms with Crippen LogP contribution in [0.4, 0.5) is 5.69 Å². The largest absolute Gasteiger partial charge is 0.496 e. The fraction of sp³-hybridized carbons (Fsp3) is 0.278. The van der Waals surface area contributed by atoms with Gasteiger partial charge in [0.1, 0.15) is 5.75 Å². The van der Waals surface area contributed by atoms with E-state index in [0.29, 0.717) is 28.6 Å². The zero-order chi connectivity index (χ0) is 17.2. The highest BCUT2D eigenvalue weighted by Gasteiger charge is 2.44. The summed E-state index contributed by atoms with van der Waals surface area (Å²) in [4.78, 5) is 13.7. The number of carbonyl (C=O) groups excluding carboxylic acids is 1. The Morgan fingerprint density at radius 2 is 2.04 bits per heavy atom. The van der Waals surface area contributed by atoms with Gasteiger partial charge in [0, 0.05) is 22.3 Å². The van der Waals surface area contributed by atoms with Gasteiger partial charge in [-0.25, -0.2) is 0 Å². The lowest BCUT2D eigenvalue weighted by atomic mass is 10.1. The minimum Gasteiger partial charge on any atom is -0.496 e. The van der Waals surface area contributed by atoms with Crippen molar-refractivity contribution < 1.29 is 9.53 Å². The molecule has 0 aliphatic heterocycles. The highest BCUT2D eigenvalue weighted by atomic mass is 35.5. The Hall–Kier alpha value is -1.85. The van der Waals surface area contributed by atoms with Crippen LogP contribution in [0.5, 0.6) is 5.75 Å². The van der Waals surface area contributed by atoms with Crippen LogP contribution in [0.2, 0.25) is 5.02 Å². The van der Waals surface area contributed by atoms with Crippen molar-refractivity contribution >= 4 is 35.0 Å². The van der Waals surface area contributed by atoms with E-state index in [4.69, 9.17) is 22.1 Å². The SMILES string of the molecule is COc1cc(N)c(Cl)cc1C(=O)NCC1(Sc2ccccc2)CC1. The molecule has 1 saturated carbocycles. The van der Waals surface area contributed by atoms with Gasteiger partial charge < -0.3 is 15.8 Å². The number of hydrogen-bond acceptors (Lipinski definition) is 4. The molecule has 126 valence electrons. The van der Waals surface area contributed by atoms with Gasteiger partial charge in [0.2, 0.25) is 0 Å². The van der Waals surface area contributed by atoms with Crippen LogP contribution in [0.25, 0.3) is 0 Å². The molecule has 3 rings (SSSR count). The van der Waals surface area contributed by atoms with Crippen molar-refractivity contribution in [2.75, 3.05) is 19.4 Å². The van der Waals surface area contributed by atoms with E-state index in [2.05, 4.69) is 17.4 Å². The Kier molecular flexibility index (Phi) is 4.92. The zero-order valence-corrected chi connectivity index (χ0v) is 14.9. The molecule has 4 nitrogen and oxygen atoms in total. The summed E-state index contributed by atoms with van der Waals surface area (Å²) in [7, 11) is 1.51. The molecule has 0 aromatic heterocycles. The second-order valence-corrected chi connectivity index (χ2v) is 7.80. The molecule has 2 aromatic rings. The van der Waals surface area contributed by atoms with E-state index < -0.39 is 0 Å². The number of halogens is 1. The van der Waals surface area contributed by atoms with E-state index in [1.165, 1.54) is 12.0 Å². The quantitative estimate of drug-likeness (QED) is 0.763. The first-order valence-corrected chi connectivity index (χ1v) is 8.88. The van der Waals surface area contributed by atoms with E-state index >= 15 is 0 Å². The number of carbonyl (C=O) groups is 1. The third kappa shape index (κ3) is 3.79. The van der Waals surface area contributed by atoms with Crippen molar-refractivity contribution in [3.8, 4) is 5.75 Å². The lowest BCUT2D eigenvalue weighted by Crippen LogP contribution is -2.32. The maximum Gasteiger partial charge on any atom is 0.255 e. The monoisotopic (exact) mass is 362 g/mol. The summed E-state index contributed by atoms with van der Waals surface area (Å²) in [5, 5.41) is 3.35. The second-order valence-electron chi connectivity index (χ2n) is 5.85. The summed E-state index contributed by atoms with van der Waals surface area (Å²) in [6.45, 7) is 0.608. The smallest absolute Gasteiger partial charge is 0.255 e. The van der Waals surface area contributed by atoms with Crippen molar-refractivity contribution in [2.24, 2.45) is 0 Å². The maximum absolute atomic E-state index is 12.5. The van der Waals surface area contributed by atoms with Crippen LogP contribution in [-0.4, -0.2) is 24.3 Å². The van der Waals surface area contributed by atoms with Gasteiger partial charge in [-0.2, -0.15) is 0 Å². The average Bonchev–Trinajstić information content (AvgIpc) is 3.35. The molecule has 0 bridgehead atoms. The van der Waals surface area contributed by atoms with E-state index in [1.807, 2.05) is 30.0 Å². The van der Waals surface area contributed by atoms with Gasteiger partial charge in [0.05, 0.1) is 23.4 Å². The zero-order valence-electron chi connectivity index (χ0n) is 13.3. The first-order valence-electron chi connectivity index (χ1n) is 7.68. The minimum absolute atomic E-state index is 0.0852. The summed E-state index contributed by atoms with van der Waals surface area (Å²) in [5.41, 5.74) is 6.55. The standard InChI is InChI=1S/C18H19ClN2O2S/c1-23-16-10-15(20)14(19)9-13(16)17(22)21-11-18(7-8-18)24-12-5-3-2-4-6-12/h2-6,9-10H,7-8,11,20H2,1H3,(H,21,22). The first-order chi connectivity index (χ1) is 11.5. The summed E-state index contributed by atoms with van der Waals surface area (Å²) in [5.74, 6) is 0.226. The number of nitrogen functional groups attached to an aromatic ring is 1. The van der Waals surface area contributed by atoms with Crippen molar-refractivity contribution in [1.82, 2.24) is 5.32 Å². The van der Waals surface area contributed by atoms with Gasteiger partial charge in [-0.05, 0) is 31.0 Å². The maximum atomic E-state index is 12.5. The van der Waals surface area contributed by atoms with Gasteiger partial charge in [0.25, 0.3) is 5.91 Å². The molecule has 0 radical (unpaired) electrons. The molecule has 1 aliphatic rings. The predicted octanol–water partition coefficient (Wildman–Crippen LogP) is 3.99. The summed E-state index contributed by atoms with van der Waals surface area (Å²) >= 11 is 7.85. The number of methoxy groups -OCH3 is 1. The predicted molar refractivity (Wildman–Crippen MR) is 99.0 cm³/mol. The highest BCUT2D eigenvalue weighted by Crippen LogP contribution is 2.51. The van der Waals surface area contributed by atoms with Gasteiger partial charge in [-0.15, -0.1) is 11.8 Å². The molecule has 1 fully saturated rings. The van der Waals surface area contributed by atoms with Crippen molar-refractivity contribution in [2.45, 2.75) is 22.5 Å². The number of hydrogen-bond donors (Lipinski definition) is 2. The number of anilines is 1. The number of benzene rings is 2. The number of amides is 1. The van der Waals surface area contributed by atoms with E-state index in [1.54, 1.807) is 12.1 Å². The molecule has 0 heterocycles. The molecular weight excluding hydrogens is 344 g/mol. The van der Waals surface area contributed by atoms with Crippen molar-refractivity contribution in [3.63, 3.8) is 0 Å². The summed E-state index contributed by atoms with van der Waals surface area (Å²) in [6.07, 6.45) is 2.18. The van der Waals surface area contributed by atoms with Crippen LogP contribution in [0.1, 0.15) is 23.2 Å². The summed E-state index contributed by atoms with van der Waals surface area (Å²) < 4.78 is 5.33. The molecular formula is C18H19ClN2O2S. The molecule has 0 atom stereocenters. The molecule has 3 N–H and O–H groups in total. The Bertz CT molecular complexity index is 748. The van der Waals surface area contributed by atoms with Crippen LogP contribution in [-0.2, 0) is 0 Å². The third-order valence-electron chi connectivity index (χ3n) is 4.02. The average molecular weight is 363 g/mol. The van der Waals surface area contributed by atoms with Crippen molar-refractivity contribution in [3.05, 3.63) is 53.1 Å². The fourth-order valence-electron chi connectivity index (χ4n) is 2.44. The highest BCUT2D eigenvalue weighted by molar-refractivity contribution is 8.01. The Morgan fingerprint density at radius 3 is 2.67 bits per heavy atom. The Labute approximate surface area is 150 Å². The lowest BCUT2D eigenvalue weighted by molar-refractivity contribution is 0.0950. The Morgan fingerprint density at radius 1 is 1.33 bits per heavy atom. The number of nitrogens with two attached hydrogens (primary N) is 1. The topological polar surface area (TPSA) is 64.3 Å². The normalized spacial score (nSPS) is 14.9. The van der Waals surface area contributed by atoms with E-state index in [0.717, 1.165) is 12.8 Å². The molecule has 0 spiro atoms. The number of thioether (sulfide) groups is 1. The molecule has 0 saturated heterocycles. The van der Waals surface area contributed by atoms with Gasteiger partial charge >= 0.3 is 0 Å². The second kappa shape index (κ2) is 6.95. The third-order valence-corrected chi connectivity index (χ3v) is 5.84. The fourth-order valence-corrected chi connectivity index (χ4v) is 3.85. The van der Waals surface area contributed by atoms with Crippen LogP contribution in [0.15, 0.2) is 47.4 Å². The molecule has 6 heteroatoms. The van der Waals surface area contributed by atoms with Crippen LogP contribution < -0.4 is 15.8 Å². The molecule has 24 heavy (non-hydrogen) atoms. The van der Waals surface area contributed by atoms with Crippen LogP contribution in [0.3, 0.4) is 0 Å². The molecule has 2 aromatic carbocycles. The first kappa shape index (κ1) is 17.0. The van der Waals surface area contributed by atoms with E-state index in [9.17, 15) is 4.79 Å². The van der Waals surface area contributed by atoms with Crippen LogP contribution >= 0.6 is 23.4 Å². The minimum atomic E-state index is -0.200. The van der Waals surface area contributed by atoms with Gasteiger partial charge in [-0.1, -0.05) is 29.8 Å². The van der Waals surface area contributed by atoms with Gasteiger partial charge in [0.15, 0.2) is 0 Å². The van der Waals surface area contributed by atoms with Crippen molar-refractivity contribution in [1.29, 1.82) is 0 Å². The molecule has 1 amide bonds. The number of rotatable bonds is 6. The number of nitrogens with one attached hydrogen (secondary N) is 1. The summed E-state index contributed by atoms with van der Waals surface area (Å²) in [6, 6.07) is 13.4. The Balaban J connectivity index is 1.67. The number of ether oxygens (including phenoxy) is 1. The lowest BCUT2D eigenvalue weighted by Gasteiger charge is -2.17. The molecule has 1 aliphatic carbocycles.